The number of morpholine rings is 1. The third-order valence-electron chi connectivity index (χ3n) is 3.23. The van der Waals surface area contributed by atoms with E-state index in [9.17, 15) is 9.90 Å². The van der Waals surface area contributed by atoms with Crippen LogP contribution in [0.3, 0.4) is 0 Å². The van der Waals surface area contributed by atoms with Crippen molar-refractivity contribution in [3.8, 4) is 0 Å². The summed E-state index contributed by atoms with van der Waals surface area (Å²) in [6, 6.07) is 1.68. The van der Waals surface area contributed by atoms with Crippen LogP contribution in [0, 0.1) is 0 Å². The molecule has 2 N–H and O–H groups in total. The summed E-state index contributed by atoms with van der Waals surface area (Å²) >= 11 is 0. The number of likely N-dealkylation sites (N-methyl/N-ethyl adjacent to an activating group) is 1. The van der Waals surface area contributed by atoms with Crippen molar-refractivity contribution in [2.45, 2.75) is 19.6 Å². The van der Waals surface area contributed by atoms with Gasteiger partial charge in [-0.2, -0.15) is 0 Å². The lowest BCUT2D eigenvalue weighted by Crippen LogP contribution is -2.47. The van der Waals surface area contributed by atoms with Crippen LogP contribution in [-0.4, -0.2) is 53.2 Å². The number of hydrogen-bond acceptors (Lipinski definition) is 5. The fourth-order valence-corrected chi connectivity index (χ4v) is 2.04. The van der Waals surface area contributed by atoms with Crippen LogP contribution in [0.2, 0.25) is 0 Å². The monoisotopic (exact) mass is 265 g/mol. The molecule has 1 aromatic rings. The number of aromatic nitrogens is 1. The zero-order chi connectivity index (χ0) is 13.7. The van der Waals surface area contributed by atoms with Crippen molar-refractivity contribution < 1.29 is 14.6 Å². The number of ether oxygens (including phenoxy) is 1. The smallest absolute Gasteiger partial charge is 0.254 e. The van der Waals surface area contributed by atoms with Gasteiger partial charge in [0, 0.05) is 24.8 Å². The number of carbonyl (C=O) groups is 1. The first-order chi connectivity index (χ1) is 9.24. The molecule has 1 unspecified atom stereocenters. The Morgan fingerprint density at radius 1 is 1.68 bits per heavy atom. The van der Waals surface area contributed by atoms with E-state index in [-0.39, 0.29) is 12.5 Å². The van der Waals surface area contributed by atoms with E-state index in [0.717, 1.165) is 13.1 Å². The first kappa shape index (κ1) is 13.9. The van der Waals surface area contributed by atoms with Crippen molar-refractivity contribution in [3.05, 3.63) is 24.0 Å². The summed E-state index contributed by atoms with van der Waals surface area (Å²) in [4.78, 5) is 18.2. The number of pyridine rings is 1. The Hall–Kier alpha value is -1.50. The van der Waals surface area contributed by atoms with E-state index >= 15 is 0 Å². The largest absolute Gasteiger partial charge is 0.392 e. The zero-order valence-corrected chi connectivity index (χ0v) is 11.0. The van der Waals surface area contributed by atoms with E-state index in [1.165, 1.54) is 6.20 Å². The molecular formula is C13H19N3O3. The molecule has 1 aromatic heterocycles. The molecule has 1 amide bonds. The summed E-state index contributed by atoms with van der Waals surface area (Å²) < 4.78 is 5.48. The van der Waals surface area contributed by atoms with Crippen LogP contribution in [0.15, 0.2) is 18.5 Å². The quantitative estimate of drug-likeness (QED) is 0.815. The molecule has 2 heterocycles. The fourth-order valence-electron chi connectivity index (χ4n) is 2.04. The molecule has 0 bridgehead atoms. The molecule has 6 nitrogen and oxygen atoms in total. The summed E-state index contributed by atoms with van der Waals surface area (Å²) in [5.74, 6) is -0.194. The minimum atomic E-state index is -0.472. The van der Waals surface area contributed by atoms with Crippen LogP contribution < -0.4 is 5.32 Å². The van der Waals surface area contributed by atoms with Gasteiger partial charge in [-0.15, -0.1) is 0 Å². The topological polar surface area (TPSA) is 74.7 Å². The molecule has 19 heavy (non-hydrogen) atoms. The van der Waals surface area contributed by atoms with E-state index in [0.29, 0.717) is 24.4 Å². The van der Waals surface area contributed by atoms with Crippen molar-refractivity contribution in [2.75, 3.05) is 31.6 Å². The first-order valence-corrected chi connectivity index (χ1v) is 6.43. The third-order valence-corrected chi connectivity index (χ3v) is 3.23. The maximum atomic E-state index is 12.1. The average Bonchev–Trinajstić information content (AvgIpc) is 2.47. The summed E-state index contributed by atoms with van der Waals surface area (Å²) in [6.07, 6.45) is 2.64. The normalized spacial score (nSPS) is 20.2. The second-order valence-corrected chi connectivity index (χ2v) is 4.43. The number of aliphatic hydroxyl groups is 1. The maximum absolute atomic E-state index is 12.1. The molecule has 0 radical (unpaired) electrons. The number of aliphatic hydroxyl groups excluding tert-OH is 1. The van der Waals surface area contributed by atoms with Gasteiger partial charge < -0.3 is 15.2 Å². The molecule has 0 aliphatic carbocycles. The van der Waals surface area contributed by atoms with Crippen molar-refractivity contribution in [1.82, 2.24) is 9.88 Å². The lowest BCUT2D eigenvalue weighted by Gasteiger charge is -2.31. The molecule has 0 spiro atoms. The van der Waals surface area contributed by atoms with E-state index in [2.05, 4.69) is 22.1 Å². The molecule has 2 rings (SSSR count). The lowest BCUT2D eigenvalue weighted by atomic mass is 10.2. The van der Waals surface area contributed by atoms with Gasteiger partial charge in [-0.1, -0.05) is 6.92 Å². The highest BCUT2D eigenvalue weighted by molar-refractivity contribution is 5.94. The fraction of sp³-hybridized carbons (Fsp3) is 0.538. The number of carbonyl (C=O) groups excluding carboxylic acids is 1. The Morgan fingerprint density at radius 3 is 3.26 bits per heavy atom. The van der Waals surface area contributed by atoms with E-state index in [4.69, 9.17) is 4.74 Å². The molecule has 1 fully saturated rings. The third kappa shape index (κ3) is 3.50. The predicted molar refractivity (Wildman–Crippen MR) is 70.6 cm³/mol. The lowest BCUT2D eigenvalue weighted by molar-refractivity contribution is -0.132. The van der Waals surface area contributed by atoms with Crippen LogP contribution >= 0.6 is 0 Å². The zero-order valence-electron chi connectivity index (χ0n) is 11.0. The van der Waals surface area contributed by atoms with Gasteiger partial charge in [-0.25, -0.2) is 0 Å². The number of anilines is 1. The summed E-state index contributed by atoms with van der Waals surface area (Å²) in [7, 11) is 0. The Balaban J connectivity index is 2.00. The van der Waals surface area contributed by atoms with Gasteiger partial charge in [0.2, 0.25) is 0 Å². The molecule has 104 valence electrons. The van der Waals surface area contributed by atoms with E-state index in [1.54, 1.807) is 12.3 Å². The standard InChI is InChI=1S/C13H19N3O3/c1-2-16-5-6-19-12(8-16)13(18)15-11-7-14-4-3-10(11)9-17/h3-4,7,12,17H,2,5-6,8-9H2,1H3,(H,15,18). The highest BCUT2D eigenvalue weighted by Crippen LogP contribution is 2.15. The Kier molecular flexibility index (Phi) is 4.84. The second kappa shape index (κ2) is 6.60. The Morgan fingerprint density at radius 2 is 2.53 bits per heavy atom. The van der Waals surface area contributed by atoms with Gasteiger partial charge in [0.15, 0.2) is 0 Å². The number of nitrogens with zero attached hydrogens (tertiary/aromatic N) is 2. The van der Waals surface area contributed by atoms with Crippen molar-refractivity contribution in [1.29, 1.82) is 0 Å². The van der Waals surface area contributed by atoms with Gasteiger partial charge in [-0.05, 0) is 12.6 Å². The van der Waals surface area contributed by atoms with Crippen LogP contribution in [-0.2, 0) is 16.1 Å². The second-order valence-electron chi connectivity index (χ2n) is 4.43. The van der Waals surface area contributed by atoms with Crippen LogP contribution in [0.25, 0.3) is 0 Å². The molecule has 1 aliphatic heterocycles. The molecule has 0 saturated carbocycles. The summed E-state index contributed by atoms with van der Waals surface area (Å²) in [6.45, 7) is 4.84. The minimum absolute atomic E-state index is 0.134. The SMILES string of the molecule is CCN1CCOC(C(=O)Nc2cnccc2CO)C1. The molecule has 0 aromatic carbocycles. The molecule has 6 heteroatoms. The predicted octanol–water partition coefficient (Wildman–Crippen LogP) is 0.233. The van der Waals surface area contributed by atoms with Gasteiger partial charge in [0.1, 0.15) is 6.10 Å². The van der Waals surface area contributed by atoms with Crippen LogP contribution in [0.5, 0.6) is 0 Å². The van der Waals surface area contributed by atoms with Gasteiger partial charge in [0.05, 0.1) is 25.1 Å². The van der Waals surface area contributed by atoms with E-state index in [1.807, 2.05) is 0 Å². The molecule has 1 saturated heterocycles. The number of hydrogen-bond donors (Lipinski definition) is 2. The Labute approximate surface area is 112 Å². The number of rotatable bonds is 4. The highest BCUT2D eigenvalue weighted by Gasteiger charge is 2.26. The summed E-state index contributed by atoms with van der Waals surface area (Å²) in [5, 5.41) is 12.0. The van der Waals surface area contributed by atoms with Gasteiger partial charge in [-0.3, -0.25) is 14.7 Å². The van der Waals surface area contributed by atoms with Crippen LogP contribution in [0.4, 0.5) is 5.69 Å². The van der Waals surface area contributed by atoms with E-state index < -0.39 is 6.10 Å². The Bertz CT molecular complexity index is 439. The molecule has 1 aliphatic rings. The maximum Gasteiger partial charge on any atom is 0.254 e. The highest BCUT2D eigenvalue weighted by atomic mass is 16.5. The summed E-state index contributed by atoms with van der Waals surface area (Å²) in [5.41, 5.74) is 1.18. The van der Waals surface area contributed by atoms with Gasteiger partial charge >= 0.3 is 0 Å². The average molecular weight is 265 g/mol. The van der Waals surface area contributed by atoms with Crippen molar-refractivity contribution >= 4 is 11.6 Å². The first-order valence-electron chi connectivity index (χ1n) is 6.43. The van der Waals surface area contributed by atoms with Crippen molar-refractivity contribution in [2.24, 2.45) is 0 Å². The molecule has 1 atom stereocenters. The molecular weight excluding hydrogens is 246 g/mol. The number of nitrogens with one attached hydrogen (secondary N) is 1. The minimum Gasteiger partial charge on any atom is -0.392 e. The number of amides is 1. The van der Waals surface area contributed by atoms with Gasteiger partial charge in [0.25, 0.3) is 5.91 Å². The van der Waals surface area contributed by atoms with Crippen molar-refractivity contribution in [3.63, 3.8) is 0 Å². The van der Waals surface area contributed by atoms with Crippen LogP contribution in [0.1, 0.15) is 12.5 Å².